The molecular weight excluding hydrogens is 432 g/mol. The molecule has 0 aliphatic rings. The van der Waals surface area contributed by atoms with E-state index in [1.54, 1.807) is 6.92 Å². The Morgan fingerprint density at radius 2 is 1.87 bits per heavy atom. The van der Waals surface area contributed by atoms with Crippen LogP contribution in [0.1, 0.15) is 35.0 Å². The Bertz CT molecular complexity index is 1130. The normalized spacial score (nSPS) is 11.2. The number of hydrogen-bond donors (Lipinski definition) is 1. The smallest absolute Gasteiger partial charge is 0.387 e. The van der Waals surface area contributed by atoms with Crippen LogP contribution in [0.15, 0.2) is 36.4 Å². The lowest BCUT2D eigenvalue weighted by Crippen LogP contribution is -2.15. The van der Waals surface area contributed by atoms with Crippen LogP contribution in [0.25, 0.3) is 10.9 Å². The van der Waals surface area contributed by atoms with Crippen molar-refractivity contribution in [2.45, 2.75) is 33.3 Å². The van der Waals surface area contributed by atoms with E-state index in [-0.39, 0.29) is 35.1 Å². The number of carbonyl (C=O) groups excluding carboxylic acids is 2. The second-order valence-electron chi connectivity index (χ2n) is 6.83. The quantitative estimate of drug-likeness (QED) is 0.506. The third-order valence-electron chi connectivity index (χ3n) is 4.72. The van der Waals surface area contributed by atoms with Crippen LogP contribution in [0.4, 0.5) is 8.78 Å². The minimum absolute atomic E-state index is 0.0415. The first-order chi connectivity index (χ1) is 14.7. The Hall–Kier alpha value is -3.13. The number of benzene rings is 2. The molecule has 1 N–H and O–H groups in total. The third-order valence-corrected chi connectivity index (χ3v) is 5.02. The summed E-state index contributed by atoms with van der Waals surface area (Å²) in [5.74, 6) is -1.18. The van der Waals surface area contributed by atoms with E-state index in [2.05, 4.69) is 4.74 Å². The molecule has 0 amide bonds. The van der Waals surface area contributed by atoms with Gasteiger partial charge in [-0.25, -0.2) is 0 Å². The van der Waals surface area contributed by atoms with Gasteiger partial charge in [0.05, 0.1) is 23.6 Å². The Labute approximate surface area is 181 Å². The summed E-state index contributed by atoms with van der Waals surface area (Å²) in [5.41, 5.74) is 1.61. The fraction of sp³-hybridized carbons (Fsp3) is 0.273. The van der Waals surface area contributed by atoms with Crippen molar-refractivity contribution in [2.75, 3.05) is 6.61 Å². The van der Waals surface area contributed by atoms with Crippen LogP contribution in [0.5, 0.6) is 11.5 Å². The summed E-state index contributed by atoms with van der Waals surface area (Å²) in [6, 6.07) is 8.10. The van der Waals surface area contributed by atoms with Gasteiger partial charge >= 0.3 is 12.6 Å². The number of ether oxygens (including phenoxy) is 2. The van der Waals surface area contributed by atoms with Crippen molar-refractivity contribution in [3.05, 3.63) is 58.2 Å². The molecule has 0 radical (unpaired) electrons. The summed E-state index contributed by atoms with van der Waals surface area (Å²) >= 11 is 6.06. The van der Waals surface area contributed by atoms with Gasteiger partial charge < -0.3 is 14.6 Å². The zero-order valence-corrected chi connectivity index (χ0v) is 17.6. The molecule has 2 aromatic carbocycles. The maximum atomic E-state index is 13.2. The number of esters is 1. The Morgan fingerprint density at radius 3 is 2.48 bits per heavy atom. The van der Waals surface area contributed by atoms with Gasteiger partial charge in [0.1, 0.15) is 11.5 Å². The van der Waals surface area contributed by atoms with Crippen LogP contribution >= 0.6 is 11.6 Å². The number of phenols is 1. The number of aromatic nitrogens is 1. The molecule has 1 aromatic heterocycles. The molecule has 0 saturated heterocycles. The monoisotopic (exact) mass is 451 g/mol. The first-order valence-corrected chi connectivity index (χ1v) is 9.88. The molecule has 0 aliphatic carbocycles. The number of fused-ring (bicyclic) bond motifs is 1. The number of halogens is 3. The molecule has 0 aliphatic heterocycles. The molecule has 1 heterocycles. The van der Waals surface area contributed by atoms with Crippen LogP contribution in [0.2, 0.25) is 5.02 Å². The highest BCUT2D eigenvalue weighted by Crippen LogP contribution is 2.35. The molecule has 6 nitrogen and oxygen atoms in total. The average molecular weight is 452 g/mol. The molecule has 3 rings (SSSR count). The van der Waals surface area contributed by atoms with E-state index in [9.17, 15) is 23.5 Å². The highest BCUT2D eigenvalue weighted by atomic mass is 35.5. The fourth-order valence-electron chi connectivity index (χ4n) is 3.29. The maximum Gasteiger partial charge on any atom is 0.387 e. The molecule has 3 aromatic rings. The fourth-order valence-corrected chi connectivity index (χ4v) is 3.45. The summed E-state index contributed by atoms with van der Waals surface area (Å²) in [7, 11) is 0. The van der Waals surface area contributed by atoms with E-state index in [1.165, 1.54) is 41.0 Å². The van der Waals surface area contributed by atoms with Crippen molar-refractivity contribution in [2.24, 2.45) is 0 Å². The van der Waals surface area contributed by atoms with Crippen LogP contribution in [-0.4, -0.2) is 34.8 Å². The number of rotatable bonds is 7. The second-order valence-corrected chi connectivity index (χ2v) is 7.23. The van der Waals surface area contributed by atoms with E-state index in [0.717, 1.165) is 0 Å². The zero-order chi connectivity index (χ0) is 22.7. The highest BCUT2D eigenvalue weighted by molar-refractivity contribution is 6.33. The van der Waals surface area contributed by atoms with E-state index >= 15 is 0 Å². The van der Waals surface area contributed by atoms with E-state index in [4.69, 9.17) is 16.3 Å². The van der Waals surface area contributed by atoms with Gasteiger partial charge in [0.25, 0.3) is 5.91 Å². The molecule has 0 bridgehead atoms. The van der Waals surface area contributed by atoms with Crippen LogP contribution in [0.3, 0.4) is 0 Å². The van der Waals surface area contributed by atoms with Crippen molar-refractivity contribution in [3.8, 4) is 11.5 Å². The average Bonchev–Trinajstić information content (AvgIpc) is 2.97. The summed E-state index contributed by atoms with van der Waals surface area (Å²) in [6.45, 7) is 0.849. The molecule has 0 fully saturated rings. The van der Waals surface area contributed by atoms with Crippen molar-refractivity contribution in [1.29, 1.82) is 0 Å². The molecule has 0 spiro atoms. The van der Waals surface area contributed by atoms with Crippen LogP contribution in [0, 0.1) is 6.92 Å². The van der Waals surface area contributed by atoms with Crippen LogP contribution in [-0.2, 0) is 16.0 Å². The van der Waals surface area contributed by atoms with Crippen molar-refractivity contribution < 1.29 is 33.0 Å². The van der Waals surface area contributed by atoms with E-state index in [1.807, 2.05) is 6.92 Å². The largest absolute Gasteiger partial charge is 0.506 e. The predicted molar refractivity (Wildman–Crippen MR) is 111 cm³/mol. The predicted octanol–water partition coefficient (Wildman–Crippen LogP) is 5.09. The lowest BCUT2D eigenvalue weighted by Gasteiger charge is -2.09. The van der Waals surface area contributed by atoms with Gasteiger partial charge in [-0.05, 0) is 55.3 Å². The standard InChI is InChI=1S/C22H20ClF2NO5/c1-3-8-30-20(28)10-15-12(2)26(18-11-17(23)19(27)9-16(15)18)21(29)13-4-6-14(7-5-13)31-22(24)25/h4-7,9,11,22,27H,3,8,10H2,1-2H3. The first kappa shape index (κ1) is 22.6. The maximum absolute atomic E-state index is 13.2. The van der Waals surface area contributed by atoms with Gasteiger partial charge in [0.15, 0.2) is 0 Å². The second kappa shape index (κ2) is 9.34. The third kappa shape index (κ3) is 4.80. The van der Waals surface area contributed by atoms with E-state index in [0.29, 0.717) is 28.6 Å². The van der Waals surface area contributed by atoms with Crippen molar-refractivity contribution >= 4 is 34.4 Å². The van der Waals surface area contributed by atoms with Gasteiger partial charge in [-0.3, -0.25) is 14.2 Å². The van der Waals surface area contributed by atoms with Crippen molar-refractivity contribution in [1.82, 2.24) is 4.57 Å². The number of alkyl halides is 2. The summed E-state index contributed by atoms with van der Waals surface area (Å²) in [5, 5.41) is 10.6. The summed E-state index contributed by atoms with van der Waals surface area (Å²) in [4.78, 5) is 25.4. The topological polar surface area (TPSA) is 77.8 Å². The number of aromatic hydroxyl groups is 1. The number of hydrogen-bond acceptors (Lipinski definition) is 5. The van der Waals surface area contributed by atoms with E-state index < -0.39 is 18.5 Å². The summed E-state index contributed by atoms with van der Waals surface area (Å²) < 4.78 is 35.6. The first-order valence-electron chi connectivity index (χ1n) is 9.50. The molecule has 164 valence electrons. The lowest BCUT2D eigenvalue weighted by molar-refractivity contribution is -0.142. The number of carbonyl (C=O) groups is 2. The molecule has 0 saturated carbocycles. The molecule has 9 heteroatoms. The lowest BCUT2D eigenvalue weighted by atomic mass is 10.1. The minimum Gasteiger partial charge on any atom is -0.506 e. The highest BCUT2D eigenvalue weighted by Gasteiger charge is 2.23. The molecule has 31 heavy (non-hydrogen) atoms. The Morgan fingerprint density at radius 1 is 1.19 bits per heavy atom. The zero-order valence-electron chi connectivity index (χ0n) is 16.8. The van der Waals surface area contributed by atoms with Gasteiger partial charge in [0, 0.05) is 16.6 Å². The van der Waals surface area contributed by atoms with Crippen LogP contribution < -0.4 is 4.74 Å². The molecule has 0 unspecified atom stereocenters. The molecular formula is C22H20ClF2NO5. The SMILES string of the molecule is CCCOC(=O)Cc1c(C)n(C(=O)c2ccc(OC(F)F)cc2)c2cc(Cl)c(O)cc12. The Kier molecular flexibility index (Phi) is 6.80. The molecule has 0 atom stereocenters. The van der Waals surface area contributed by atoms with Crippen molar-refractivity contribution in [3.63, 3.8) is 0 Å². The van der Waals surface area contributed by atoms with Gasteiger partial charge in [0.2, 0.25) is 0 Å². The van der Waals surface area contributed by atoms with Gasteiger partial charge in [-0.15, -0.1) is 0 Å². The summed E-state index contributed by atoms with van der Waals surface area (Å²) in [6.07, 6.45) is 0.581. The number of nitrogens with zero attached hydrogens (tertiary/aromatic N) is 1. The number of phenolic OH excluding ortho intramolecular Hbond substituents is 1. The minimum atomic E-state index is -2.97. The van der Waals surface area contributed by atoms with Gasteiger partial charge in [-0.2, -0.15) is 8.78 Å². The van der Waals surface area contributed by atoms with Gasteiger partial charge in [-0.1, -0.05) is 18.5 Å². The Balaban J connectivity index is 2.06.